The van der Waals surface area contributed by atoms with Gasteiger partial charge in [-0.05, 0) is 37.5 Å². The zero-order valence-electron chi connectivity index (χ0n) is 11.2. The Bertz CT molecular complexity index is 350. The summed E-state index contributed by atoms with van der Waals surface area (Å²) in [6.07, 6.45) is 3.32. The second-order valence-electron chi connectivity index (χ2n) is 5.76. The molecule has 1 unspecified atom stereocenters. The average molecular weight is 298 g/mol. The van der Waals surface area contributed by atoms with Crippen molar-refractivity contribution < 1.29 is 13.5 Å². The molecule has 1 aliphatic rings. The van der Waals surface area contributed by atoms with Gasteiger partial charge in [-0.15, -0.1) is 11.6 Å². The Balaban J connectivity index is 2.68. The molecule has 0 spiro atoms. The summed E-state index contributed by atoms with van der Waals surface area (Å²) < 4.78 is 26.8. The largest absolute Gasteiger partial charge is 0.394 e. The summed E-state index contributed by atoms with van der Waals surface area (Å²) in [6.45, 7) is 3.83. The highest BCUT2D eigenvalue weighted by Crippen LogP contribution is 2.32. The Kier molecular flexibility index (Phi) is 5.90. The van der Waals surface area contributed by atoms with Crippen LogP contribution in [0.25, 0.3) is 0 Å². The molecule has 0 saturated heterocycles. The van der Waals surface area contributed by atoms with Crippen molar-refractivity contribution in [1.82, 2.24) is 4.72 Å². The van der Waals surface area contributed by atoms with Gasteiger partial charge in [0, 0.05) is 5.88 Å². The van der Waals surface area contributed by atoms with Gasteiger partial charge < -0.3 is 5.11 Å². The molecule has 1 rings (SSSR count). The normalized spacial score (nSPS) is 31.2. The van der Waals surface area contributed by atoms with Crippen LogP contribution >= 0.6 is 11.6 Å². The number of hydrogen-bond donors (Lipinski definition) is 2. The van der Waals surface area contributed by atoms with Gasteiger partial charge in [0.05, 0.1) is 17.9 Å². The molecule has 108 valence electrons. The summed E-state index contributed by atoms with van der Waals surface area (Å²) >= 11 is 5.65. The van der Waals surface area contributed by atoms with Crippen LogP contribution in [0.1, 0.15) is 39.5 Å². The topological polar surface area (TPSA) is 66.4 Å². The zero-order valence-corrected chi connectivity index (χ0v) is 12.7. The maximum Gasteiger partial charge on any atom is 0.212 e. The fourth-order valence-corrected chi connectivity index (χ4v) is 4.52. The molecule has 6 heteroatoms. The standard InChI is InChI=1S/C12H24ClNO3S/c1-10-3-5-12(9-15,6-4-10)14-18(16,17)8-11(2)7-13/h10-11,14-15H,3-9H2,1-2H3. The predicted molar refractivity (Wildman–Crippen MR) is 74.3 cm³/mol. The first-order valence-corrected chi connectivity index (χ1v) is 8.69. The van der Waals surface area contributed by atoms with Gasteiger partial charge in [0.25, 0.3) is 0 Å². The summed E-state index contributed by atoms with van der Waals surface area (Å²) in [7, 11) is -3.38. The van der Waals surface area contributed by atoms with E-state index in [1.807, 2.05) is 0 Å². The van der Waals surface area contributed by atoms with Gasteiger partial charge in [0.15, 0.2) is 0 Å². The molecule has 0 amide bonds. The number of nitrogens with one attached hydrogen (secondary N) is 1. The summed E-state index contributed by atoms with van der Waals surface area (Å²) in [5, 5.41) is 9.53. The minimum absolute atomic E-state index is 0.0216. The molecule has 2 N–H and O–H groups in total. The van der Waals surface area contributed by atoms with Crippen molar-refractivity contribution in [2.75, 3.05) is 18.2 Å². The number of aliphatic hydroxyl groups excluding tert-OH is 1. The van der Waals surface area contributed by atoms with Gasteiger partial charge in [0.1, 0.15) is 0 Å². The SMILES string of the molecule is CC1CCC(CO)(NS(=O)(=O)CC(C)CCl)CC1. The first kappa shape index (κ1) is 16.2. The van der Waals surface area contributed by atoms with Crippen LogP contribution in [-0.4, -0.2) is 37.3 Å². The molecule has 1 aliphatic carbocycles. The molecule has 1 fully saturated rings. The van der Waals surface area contributed by atoms with Crippen molar-refractivity contribution >= 4 is 21.6 Å². The van der Waals surface area contributed by atoms with Crippen LogP contribution in [0.15, 0.2) is 0 Å². The zero-order chi connectivity index (χ0) is 13.8. The molecule has 0 bridgehead atoms. The molecule has 1 atom stereocenters. The Morgan fingerprint density at radius 1 is 1.44 bits per heavy atom. The van der Waals surface area contributed by atoms with Gasteiger partial charge in [-0.25, -0.2) is 13.1 Å². The lowest BCUT2D eigenvalue weighted by Gasteiger charge is -2.38. The molecule has 0 aromatic rings. The van der Waals surface area contributed by atoms with E-state index < -0.39 is 15.6 Å². The van der Waals surface area contributed by atoms with Gasteiger partial charge in [-0.3, -0.25) is 0 Å². The number of alkyl halides is 1. The smallest absolute Gasteiger partial charge is 0.212 e. The minimum atomic E-state index is -3.38. The lowest BCUT2D eigenvalue weighted by molar-refractivity contribution is 0.125. The maximum absolute atomic E-state index is 12.0. The number of sulfonamides is 1. The summed E-state index contributed by atoms with van der Waals surface area (Å²) in [4.78, 5) is 0. The highest BCUT2D eigenvalue weighted by molar-refractivity contribution is 7.89. The van der Waals surface area contributed by atoms with E-state index in [2.05, 4.69) is 11.6 Å². The first-order valence-electron chi connectivity index (χ1n) is 6.51. The highest BCUT2D eigenvalue weighted by atomic mass is 35.5. The number of hydrogen-bond acceptors (Lipinski definition) is 3. The van der Waals surface area contributed by atoms with Crippen molar-refractivity contribution in [3.8, 4) is 0 Å². The van der Waals surface area contributed by atoms with Crippen LogP contribution < -0.4 is 4.72 Å². The minimum Gasteiger partial charge on any atom is -0.394 e. The summed E-state index contributed by atoms with van der Waals surface area (Å²) in [6, 6.07) is 0. The van der Waals surface area contributed by atoms with E-state index in [-0.39, 0.29) is 18.3 Å². The Morgan fingerprint density at radius 3 is 2.44 bits per heavy atom. The van der Waals surface area contributed by atoms with Crippen LogP contribution in [0, 0.1) is 11.8 Å². The van der Waals surface area contributed by atoms with Crippen LogP contribution in [0.2, 0.25) is 0 Å². The van der Waals surface area contributed by atoms with E-state index in [0.717, 1.165) is 12.8 Å². The van der Waals surface area contributed by atoms with Gasteiger partial charge in [-0.2, -0.15) is 0 Å². The van der Waals surface area contributed by atoms with Gasteiger partial charge in [0.2, 0.25) is 10.0 Å². The molecule has 0 aliphatic heterocycles. The summed E-state index contributed by atoms with van der Waals surface area (Å²) in [5.41, 5.74) is -0.655. The molecule has 1 saturated carbocycles. The van der Waals surface area contributed by atoms with Crippen molar-refractivity contribution in [3.05, 3.63) is 0 Å². The molecule has 0 aromatic heterocycles. The van der Waals surface area contributed by atoms with Crippen LogP contribution in [0.4, 0.5) is 0 Å². The fourth-order valence-electron chi connectivity index (χ4n) is 2.40. The molecule has 0 aromatic carbocycles. The van der Waals surface area contributed by atoms with E-state index >= 15 is 0 Å². The third-order valence-corrected chi connectivity index (χ3v) is 5.95. The summed E-state index contributed by atoms with van der Waals surface area (Å²) in [5.74, 6) is 0.871. The van der Waals surface area contributed by atoms with Crippen molar-refractivity contribution in [2.24, 2.45) is 11.8 Å². The Morgan fingerprint density at radius 2 is 2.00 bits per heavy atom. The number of aliphatic hydroxyl groups is 1. The Labute approximate surface area is 115 Å². The van der Waals surface area contributed by atoms with Crippen molar-refractivity contribution in [2.45, 2.75) is 45.1 Å². The first-order chi connectivity index (χ1) is 8.32. The van der Waals surface area contributed by atoms with Crippen molar-refractivity contribution in [3.63, 3.8) is 0 Å². The second-order valence-corrected chi connectivity index (χ2v) is 7.84. The van der Waals surface area contributed by atoms with Crippen molar-refractivity contribution in [1.29, 1.82) is 0 Å². The monoisotopic (exact) mass is 297 g/mol. The molecule has 0 radical (unpaired) electrons. The van der Waals surface area contributed by atoms with E-state index in [1.54, 1.807) is 6.92 Å². The number of rotatable bonds is 6. The molecule has 0 heterocycles. The number of halogens is 1. The quantitative estimate of drug-likeness (QED) is 0.734. The lowest BCUT2D eigenvalue weighted by atomic mass is 9.78. The maximum atomic E-state index is 12.0. The third-order valence-electron chi connectivity index (χ3n) is 3.67. The fraction of sp³-hybridized carbons (Fsp3) is 1.00. The van der Waals surface area contributed by atoms with Crippen LogP contribution in [-0.2, 0) is 10.0 Å². The van der Waals surface area contributed by atoms with E-state index in [0.29, 0.717) is 24.6 Å². The molecule has 4 nitrogen and oxygen atoms in total. The van der Waals surface area contributed by atoms with Gasteiger partial charge >= 0.3 is 0 Å². The van der Waals surface area contributed by atoms with E-state index in [9.17, 15) is 13.5 Å². The molecular weight excluding hydrogens is 274 g/mol. The Hall–Kier alpha value is 0.160. The third kappa shape index (κ3) is 4.68. The van der Waals surface area contributed by atoms with Crippen LogP contribution in [0.5, 0.6) is 0 Å². The molecule has 18 heavy (non-hydrogen) atoms. The lowest BCUT2D eigenvalue weighted by Crippen LogP contribution is -2.54. The van der Waals surface area contributed by atoms with E-state index in [4.69, 9.17) is 11.6 Å². The second kappa shape index (κ2) is 6.55. The predicted octanol–water partition coefficient (Wildman–Crippen LogP) is 1.72. The van der Waals surface area contributed by atoms with Gasteiger partial charge in [-0.1, -0.05) is 13.8 Å². The highest BCUT2D eigenvalue weighted by Gasteiger charge is 2.37. The average Bonchev–Trinajstić information content (AvgIpc) is 2.31. The van der Waals surface area contributed by atoms with E-state index in [1.165, 1.54) is 0 Å². The van der Waals surface area contributed by atoms with Crippen LogP contribution in [0.3, 0.4) is 0 Å². The molecular formula is C12H24ClNO3S.